The minimum absolute atomic E-state index is 0.0240. The molecule has 0 aromatic heterocycles. The molecule has 5 N–H and O–H groups in total. The van der Waals surface area contributed by atoms with Gasteiger partial charge in [-0.2, -0.15) is 8.78 Å². The van der Waals surface area contributed by atoms with E-state index in [9.17, 15) is 18.0 Å². The highest BCUT2D eigenvalue weighted by atomic mass is 19.3. The number of nitrogens with two attached hydrogens (primary N) is 2. The van der Waals surface area contributed by atoms with Gasteiger partial charge in [0.15, 0.2) is 0 Å². The van der Waals surface area contributed by atoms with Crippen molar-refractivity contribution in [2.45, 2.75) is 19.5 Å². The van der Waals surface area contributed by atoms with E-state index in [0.717, 1.165) is 17.3 Å². The van der Waals surface area contributed by atoms with Gasteiger partial charge in [-0.3, -0.25) is 4.79 Å². The first-order valence-electron chi connectivity index (χ1n) is 8.20. The van der Waals surface area contributed by atoms with Gasteiger partial charge in [0.05, 0.1) is 5.69 Å². The number of nitrogens with one attached hydrogen (secondary N) is 1. The number of nitrogens with zero attached hydrogens (tertiary/aromatic N) is 1. The summed E-state index contributed by atoms with van der Waals surface area (Å²) >= 11 is 0. The largest absolute Gasteiger partial charge is 0.433 e. The number of halogens is 3. The second-order valence-corrected chi connectivity index (χ2v) is 5.75. The molecule has 0 aliphatic heterocycles. The first kappa shape index (κ1) is 21.0. The van der Waals surface area contributed by atoms with E-state index in [1.54, 1.807) is 0 Å². The zero-order chi connectivity index (χ0) is 20.9. The summed E-state index contributed by atoms with van der Waals surface area (Å²) in [4.78, 5) is 12.6. The van der Waals surface area contributed by atoms with Crippen LogP contribution in [0.4, 0.5) is 18.9 Å². The van der Waals surface area contributed by atoms with Crippen LogP contribution in [0.5, 0.6) is 5.75 Å². The van der Waals surface area contributed by atoms with Crippen molar-refractivity contribution in [2.24, 2.45) is 11.6 Å². The van der Waals surface area contributed by atoms with E-state index < -0.39 is 24.3 Å². The molecule has 2 aromatic carbocycles. The zero-order valence-electron chi connectivity index (χ0n) is 15.0. The Labute approximate surface area is 159 Å². The molecule has 2 aromatic rings. The van der Waals surface area contributed by atoms with Crippen LogP contribution in [0.15, 0.2) is 48.5 Å². The number of alkyl halides is 2. The molecular formula is C19H19F3N4O2. The van der Waals surface area contributed by atoms with Crippen molar-refractivity contribution in [3.8, 4) is 5.75 Å². The number of anilines is 1. The minimum atomic E-state index is -3.30. The molecule has 0 spiro atoms. The van der Waals surface area contributed by atoms with Crippen LogP contribution in [-0.2, 0) is 0 Å². The molecule has 0 unspecified atom stereocenters. The Kier molecular flexibility index (Phi) is 6.42. The van der Waals surface area contributed by atoms with Gasteiger partial charge < -0.3 is 15.9 Å². The molecule has 2 rings (SSSR count). The Morgan fingerprint density at radius 2 is 1.89 bits per heavy atom. The highest BCUT2D eigenvalue weighted by Gasteiger charge is 2.28. The Hall–Kier alpha value is -3.33. The fourth-order valence-corrected chi connectivity index (χ4v) is 2.23. The lowest BCUT2D eigenvalue weighted by Crippen LogP contribution is -2.37. The average molecular weight is 392 g/mol. The molecule has 0 fully saturated rings. The van der Waals surface area contributed by atoms with E-state index in [0.29, 0.717) is 0 Å². The number of ether oxygens (including phenoxy) is 1. The molecule has 0 atom stereocenters. The van der Waals surface area contributed by atoms with Gasteiger partial charge in [0, 0.05) is 29.5 Å². The number of carbonyl (C=O) groups is 1. The van der Waals surface area contributed by atoms with Crippen LogP contribution < -0.4 is 21.3 Å². The maximum absolute atomic E-state index is 13.9. The monoisotopic (exact) mass is 392 g/mol. The predicted molar refractivity (Wildman–Crippen MR) is 101 cm³/mol. The van der Waals surface area contributed by atoms with Crippen LogP contribution in [0, 0.1) is 11.2 Å². The lowest BCUT2D eigenvalue weighted by Gasteiger charge is -2.19. The normalized spacial score (nSPS) is 11.8. The van der Waals surface area contributed by atoms with Crippen molar-refractivity contribution < 1.29 is 22.7 Å². The Morgan fingerprint density at radius 3 is 2.46 bits per heavy atom. The van der Waals surface area contributed by atoms with Crippen LogP contribution in [0.2, 0.25) is 0 Å². The number of benzene rings is 2. The number of carbonyl (C=O) groups excluding carboxylic acids is 1. The van der Waals surface area contributed by atoms with Crippen LogP contribution in [-0.4, -0.2) is 18.2 Å². The van der Waals surface area contributed by atoms with Gasteiger partial charge in [0.1, 0.15) is 11.6 Å². The molecule has 9 heteroatoms. The summed E-state index contributed by atoms with van der Waals surface area (Å²) in [5.41, 5.74) is 5.88. The molecule has 28 heavy (non-hydrogen) atoms. The molecule has 0 saturated carbocycles. The Bertz CT molecular complexity index is 899. The van der Waals surface area contributed by atoms with Crippen LogP contribution >= 0.6 is 0 Å². The fraction of sp³-hybridized carbons (Fsp3) is 0.158. The van der Waals surface area contributed by atoms with E-state index in [1.807, 2.05) is 0 Å². The maximum Gasteiger partial charge on any atom is 0.397 e. The smallest absolute Gasteiger partial charge is 0.397 e. The quantitative estimate of drug-likeness (QED) is 0.289. The van der Waals surface area contributed by atoms with Crippen molar-refractivity contribution in [1.29, 1.82) is 5.41 Å². The number of amides is 1. The van der Waals surface area contributed by atoms with Gasteiger partial charge >= 0.3 is 6.11 Å². The zero-order valence-corrected chi connectivity index (χ0v) is 15.0. The van der Waals surface area contributed by atoms with Gasteiger partial charge in [-0.15, -0.1) is 0 Å². The SMILES string of the molecule is CCC(F)(F)Oc1ccc(N(N)C(=O)c2ccc(F)c(C(N)=CC=N)c2)cc1. The summed E-state index contributed by atoms with van der Waals surface area (Å²) in [6, 6.07) is 8.70. The summed E-state index contributed by atoms with van der Waals surface area (Å²) in [5.74, 6) is 4.41. The first-order chi connectivity index (χ1) is 13.2. The molecule has 148 valence electrons. The van der Waals surface area contributed by atoms with Gasteiger partial charge in [-0.25, -0.2) is 15.2 Å². The van der Waals surface area contributed by atoms with E-state index in [4.69, 9.17) is 17.0 Å². The molecule has 0 radical (unpaired) electrons. The Morgan fingerprint density at radius 1 is 1.25 bits per heavy atom. The lowest BCUT2D eigenvalue weighted by atomic mass is 10.1. The maximum atomic E-state index is 13.9. The first-order valence-corrected chi connectivity index (χ1v) is 8.20. The van der Waals surface area contributed by atoms with Gasteiger partial charge in [-0.05, 0) is 48.5 Å². The Balaban J connectivity index is 2.24. The number of allylic oxidation sites excluding steroid dienone is 1. The standard InChI is InChI=1S/C19H19F3N4O2/c1-2-19(21,22)28-14-6-4-13(5-7-14)26(25)18(27)12-3-8-16(20)15(11-12)17(24)9-10-23/h3-11,23H,2,24-25H2,1H3. The molecule has 6 nitrogen and oxygen atoms in total. The third-order valence-corrected chi connectivity index (χ3v) is 3.80. The summed E-state index contributed by atoms with van der Waals surface area (Å²) in [7, 11) is 0. The summed E-state index contributed by atoms with van der Waals surface area (Å²) in [5, 5.41) is 7.79. The van der Waals surface area contributed by atoms with Crippen molar-refractivity contribution >= 4 is 23.5 Å². The van der Waals surface area contributed by atoms with Gasteiger partial charge in [0.25, 0.3) is 5.91 Å². The molecule has 0 bridgehead atoms. The second-order valence-electron chi connectivity index (χ2n) is 5.75. The van der Waals surface area contributed by atoms with Crippen LogP contribution in [0.3, 0.4) is 0 Å². The van der Waals surface area contributed by atoms with Gasteiger partial charge in [-0.1, -0.05) is 6.92 Å². The molecule has 1 amide bonds. The van der Waals surface area contributed by atoms with Crippen LogP contribution in [0.1, 0.15) is 29.3 Å². The third-order valence-electron chi connectivity index (χ3n) is 3.80. The highest BCUT2D eigenvalue weighted by Crippen LogP contribution is 2.26. The number of rotatable bonds is 7. The van der Waals surface area contributed by atoms with Gasteiger partial charge in [0.2, 0.25) is 0 Å². The van der Waals surface area contributed by atoms with Crippen molar-refractivity contribution in [3.05, 3.63) is 65.5 Å². The summed E-state index contributed by atoms with van der Waals surface area (Å²) < 4.78 is 45.0. The van der Waals surface area contributed by atoms with Crippen molar-refractivity contribution in [2.75, 3.05) is 5.01 Å². The molecule has 0 aliphatic carbocycles. The average Bonchev–Trinajstić information content (AvgIpc) is 2.67. The van der Waals surface area contributed by atoms with Crippen molar-refractivity contribution in [3.63, 3.8) is 0 Å². The topological polar surface area (TPSA) is 105 Å². The highest BCUT2D eigenvalue weighted by molar-refractivity contribution is 6.05. The van der Waals surface area contributed by atoms with E-state index in [2.05, 4.69) is 4.74 Å². The molecular weight excluding hydrogens is 373 g/mol. The lowest BCUT2D eigenvalue weighted by molar-refractivity contribution is -0.177. The number of hydrogen-bond acceptors (Lipinski definition) is 5. The third kappa shape index (κ3) is 4.89. The molecule has 0 aliphatic rings. The van der Waals surface area contributed by atoms with Crippen LogP contribution in [0.25, 0.3) is 5.70 Å². The summed E-state index contributed by atoms with van der Waals surface area (Å²) in [6.45, 7) is 1.29. The molecule has 0 saturated heterocycles. The summed E-state index contributed by atoms with van der Waals surface area (Å²) in [6.07, 6.45) is -1.71. The molecule has 0 heterocycles. The number of hydrazine groups is 1. The van der Waals surface area contributed by atoms with Crippen molar-refractivity contribution in [1.82, 2.24) is 0 Å². The van der Waals surface area contributed by atoms with E-state index in [-0.39, 0.29) is 28.3 Å². The second kappa shape index (κ2) is 8.57. The number of hydrogen-bond donors (Lipinski definition) is 3. The van der Waals surface area contributed by atoms with E-state index in [1.165, 1.54) is 49.4 Å². The fourth-order valence-electron chi connectivity index (χ4n) is 2.23. The predicted octanol–water partition coefficient (Wildman–Crippen LogP) is 3.68. The minimum Gasteiger partial charge on any atom is -0.433 e. The van der Waals surface area contributed by atoms with E-state index >= 15 is 0 Å².